The van der Waals surface area contributed by atoms with Gasteiger partial charge in [-0.05, 0) is 35.9 Å². The maximum absolute atomic E-state index is 13.9. The summed E-state index contributed by atoms with van der Waals surface area (Å²) in [6.45, 7) is 0. The van der Waals surface area contributed by atoms with E-state index in [4.69, 9.17) is 39.5 Å². The number of halogens is 6. The summed E-state index contributed by atoms with van der Waals surface area (Å²) < 4.78 is 47.6. The molecule has 0 radical (unpaired) electrons. The Labute approximate surface area is 201 Å². The van der Waals surface area contributed by atoms with Crippen molar-refractivity contribution in [2.75, 3.05) is 17.7 Å². The van der Waals surface area contributed by atoms with E-state index in [1.54, 1.807) is 24.3 Å². The number of alkyl halides is 3. The predicted octanol–water partition coefficient (Wildman–Crippen LogP) is 6.76. The Hall–Kier alpha value is -2.62. The third-order valence-corrected chi connectivity index (χ3v) is 6.30. The Morgan fingerprint density at radius 3 is 2.45 bits per heavy atom. The van der Waals surface area contributed by atoms with Crippen molar-refractivity contribution in [1.82, 2.24) is 9.78 Å². The van der Waals surface area contributed by atoms with Gasteiger partial charge in [-0.1, -0.05) is 46.9 Å². The lowest BCUT2D eigenvalue weighted by Gasteiger charge is -2.33. The van der Waals surface area contributed by atoms with E-state index >= 15 is 0 Å². The first-order valence-electron chi connectivity index (χ1n) is 9.60. The van der Waals surface area contributed by atoms with Crippen molar-refractivity contribution in [2.45, 2.75) is 24.7 Å². The third-order valence-electron chi connectivity index (χ3n) is 5.21. The molecule has 174 valence electrons. The second-order valence-electron chi connectivity index (χ2n) is 7.30. The number of fused-ring (bicyclic) bond motifs is 1. The lowest BCUT2D eigenvalue weighted by molar-refractivity contribution is -0.173. The SMILES string of the molecule is COc1ccc(C2CC(C(F)(F)F)n3nc(C(=O)Nc4ccc(Cl)c(Cl)c4)c(Cl)c3N2)cc1. The standard InChI is InChI=1S/C21H16Cl3F3N4O2/c1-33-12-5-2-10(3-6-12)15-9-16(21(25,26)27)31-19(29-15)17(24)18(30-31)20(32)28-11-4-7-13(22)14(23)8-11/h2-8,15-16,29H,9H2,1H3,(H,28,32). The quantitative estimate of drug-likeness (QED) is 0.399. The molecule has 2 heterocycles. The molecule has 0 saturated carbocycles. The van der Waals surface area contributed by atoms with Crippen molar-refractivity contribution in [2.24, 2.45) is 0 Å². The van der Waals surface area contributed by atoms with Gasteiger partial charge in [0.2, 0.25) is 0 Å². The van der Waals surface area contributed by atoms with Crippen LogP contribution in [0, 0.1) is 0 Å². The normalized spacial score (nSPS) is 17.8. The molecular weight excluding hydrogens is 504 g/mol. The first kappa shape index (κ1) is 23.5. The zero-order valence-electron chi connectivity index (χ0n) is 16.9. The van der Waals surface area contributed by atoms with Crippen LogP contribution in [-0.4, -0.2) is 29.0 Å². The van der Waals surface area contributed by atoms with E-state index in [9.17, 15) is 18.0 Å². The van der Waals surface area contributed by atoms with Gasteiger partial charge in [0, 0.05) is 12.1 Å². The molecule has 12 heteroatoms. The van der Waals surface area contributed by atoms with Crippen LogP contribution in [0.1, 0.15) is 34.6 Å². The van der Waals surface area contributed by atoms with E-state index in [-0.39, 0.29) is 38.7 Å². The van der Waals surface area contributed by atoms with E-state index in [1.807, 2.05) is 0 Å². The minimum Gasteiger partial charge on any atom is -0.497 e. The van der Waals surface area contributed by atoms with Gasteiger partial charge in [-0.2, -0.15) is 18.3 Å². The van der Waals surface area contributed by atoms with E-state index < -0.39 is 24.2 Å². The summed E-state index contributed by atoms with van der Waals surface area (Å²) in [5.41, 5.74) is 0.540. The first-order chi connectivity index (χ1) is 15.6. The molecule has 1 aliphatic heterocycles. The number of methoxy groups -OCH3 is 1. The van der Waals surface area contributed by atoms with E-state index in [0.29, 0.717) is 16.0 Å². The van der Waals surface area contributed by atoms with Crippen molar-refractivity contribution >= 4 is 52.2 Å². The molecule has 4 rings (SSSR count). The number of aromatic nitrogens is 2. The Bertz CT molecular complexity index is 1200. The third kappa shape index (κ3) is 4.71. The van der Waals surface area contributed by atoms with Crippen molar-refractivity contribution < 1.29 is 22.7 Å². The average molecular weight is 520 g/mol. The zero-order valence-corrected chi connectivity index (χ0v) is 19.1. The molecule has 2 aromatic carbocycles. The van der Waals surface area contributed by atoms with Crippen LogP contribution >= 0.6 is 34.8 Å². The van der Waals surface area contributed by atoms with Gasteiger partial charge in [-0.25, -0.2) is 4.68 Å². The summed E-state index contributed by atoms with van der Waals surface area (Å²) >= 11 is 18.1. The summed E-state index contributed by atoms with van der Waals surface area (Å²) in [6.07, 6.45) is -4.96. The average Bonchev–Trinajstić information content (AvgIpc) is 3.11. The number of ether oxygens (including phenoxy) is 1. The Balaban J connectivity index is 1.68. The number of hydrogen-bond acceptors (Lipinski definition) is 4. The van der Waals surface area contributed by atoms with Crippen molar-refractivity contribution in [3.8, 4) is 5.75 Å². The van der Waals surface area contributed by atoms with Crippen molar-refractivity contribution in [3.63, 3.8) is 0 Å². The van der Waals surface area contributed by atoms with Gasteiger partial charge in [0.05, 0.1) is 23.2 Å². The monoisotopic (exact) mass is 518 g/mol. The second-order valence-corrected chi connectivity index (χ2v) is 8.49. The van der Waals surface area contributed by atoms with Crippen LogP contribution < -0.4 is 15.4 Å². The Morgan fingerprint density at radius 2 is 1.85 bits per heavy atom. The highest BCUT2D eigenvalue weighted by atomic mass is 35.5. The largest absolute Gasteiger partial charge is 0.497 e. The highest BCUT2D eigenvalue weighted by Crippen LogP contribution is 2.46. The molecule has 0 saturated heterocycles. The molecule has 2 N–H and O–H groups in total. The molecule has 0 spiro atoms. The summed E-state index contributed by atoms with van der Waals surface area (Å²) in [6, 6.07) is 8.32. The highest BCUT2D eigenvalue weighted by molar-refractivity contribution is 6.42. The van der Waals surface area contributed by atoms with E-state index in [1.165, 1.54) is 25.3 Å². The van der Waals surface area contributed by atoms with Gasteiger partial charge in [0.25, 0.3) is 5.91 Å². The topological polar surface area (TPSA) is 68.2 Å². The van der Waals surface area contributed by atoms with E-state index in [2.05, 4.69) is 15.7 Å². The van der Waals surface area contributed by atoms with Gasteiger partial charge in [-0.3, -0.25) is 4.79 Å². The summed E-state index contributed by atoms with van der Waals surface area (Å²) in [4.78, 5) is 12.8. The first-order valence-corrected chi connectivity index (χ1v) is 10.7. The summed E-state index contributed by atoms with van der Waals surface area (Å²) in [7, 11) is 1.50. The number of nitrogens with zero attached hydrogens (tertiary/aromatic N) is 2. The molecule has 1 aromatic heterocycles. The number of rotatable bonds is 4. The fourth-order valence-electron chi connectivity index (χ4n) is 3.55. The van der Waals surface area contributed by atoms with Crippen molar-refractivity contribution in [1.29, 1.82) is 0 Å². The summed E-state index contributed by atoms with van der Waals surface area (Å²) in [5.74, 6) is -0.305. The molecule has 0 bridgehead atoms. The Kier molecular flexibility index (Phi) is 6.39. The molecule has 2 unspecified atom stereocenters. The number of carbonyl (C=O) groups is 1. The molecule has 0 fully saturated rings. The highest BCUT2D eigenvalue weighted by Gasteiger charge is 2.47. The van der Waals surface area contributed by atoms with Crippen LogP contribution in [0.2, 0.25) is 15.1 Å². The van der Waals surface area contributed by atoms with Gasteiger partial charge in [0.1, 0.15) is 16.6 Å². The van der Waals surface area contributed by atoms with Crippen molar-refractivity contribution in [3.05, 3.63) is 68.8 Å². The molecule has 2 atom stereocenters. The van der Waals surface area contributed by atoms with Crippen LogP contribution in [-0.2, 0) is 0 Å². The number of anilines is 2. The van der Waals surface area contributed by atoms with Gasteiger partial charge >= 0.3 is 6.18 Å². The number of benzene rings is 2. The molecule has 3 aromatic rings. The van der Waals surface area contributed by atoms with Crippen LogP contribution in [0.15, 0.2) is 42.5 Å². The number of hydrogen-bond donors (Lipinski definition) is 2. The van der Waals surface area contributed by atoms with E-state index in [0.717, 1.165) is 0 Å². The molecular formula is C21H16Cl3F3N4O2. The van der Waals surface area contributed by atoms with Crippen LogP contribution in [0.5, 0.6) is 5.75 Å². The lowest BCUT2D eigenvalue weighted by Crippen LogP contribution is -2.35. The maximum atomic E-state index is 13.9. The summed E-state index contributed by atoms with van der Waals surface area (Å²) in [5, 5.41) is 9.67. The number of amides is 1. The number of carbonyl (C=O) groups excluding carboxylic acids is 1. The smallest absolute Gasteiger partial charge is 0.410 e. The fourth-order valence-corrected chi connectivity index (χ4v) is 4.12. The molecule has 1 aliphatic rings. The fraction of sp³-hybridized carbons (Fsp3) is 0.238. The van der Waals surface area contributed by atoms with Gasteiger partial charge < -0.3 is 15.4 Å². The second kappa shape index (κ2) is 8.96. The molecule has 33 heavy (non-hydrogen) atoms. The molecule has 0 aliphatic carbocycles. The molecule has 1 amide bonds. The number of nitrogens with one attached hydrogen (secondary N) is 2. The lowest BCUT2D eigenvalue weighted by atomic mass is 9.97. The molecule has 6 nitrogen and oxygen atoms in total. The van der Waals surface area contributed by atoms with Gasteiger partial charge in [0.15, 0.2) is 11.7 Å². The van der Waals surface area contributed by atoms with Crippen LogP contribution in [0.3, 0.4) is 0 Å². The maximum Gasteiger partial charge on any atom is 0.410 e. The minimum atomic E-state index is -4.62. The Morgan fingerprint density at radius 1 is 1.15 bits per heavy atom. The predicted molar refractivity (Wildman–Crippen MR) is 121 cm³/mol. The minimum absolute atomic E-state index is 0.0923. The zero-order chi connectivity index (χ0) is 23.9. The van der Waals surface area contributed by atoms with Gasteiger partial charge in [-0.15, -0.1) is 0 Å². The van der Waals surface area contributed by atoms with Crippen LogP contribution in [0.4, 0.5) is 24.7 Å². The van der Waals surface area contributed by atoms with Crippen LogP contribution in [0.25, 0.3) is 0 Å².